The molecule has 1 nitrogen and oxygen atoms in total. The predicted octanol–water partition coefficient (Wildman–Crippen LogP) is 14.9. The highest BCUT2D eigenvalue weighted by Gasteiger charge is 2.63. The van der Waals surface area contributed by atoms with Crippen molar-refractivity contribution < 1.29 is 0 Å². The van der Waals surface area contributed by atoms with Crippen LogP contribution in [-0.2, 0) is 10.8 Å². The Labute approximate surface area is 355 Å². The molecule has 290 valence electrons. The van der Waals surface area contributed by atoms with Gasteiger partial charge >= 0.3 is 0 Å². The number of hydrogen-bond donors (Lipinski definition) is 0. The Bertz CT molecular complexity index is 2740. The Balaban J connectivity index is 1.16. The molecular weight excluding hydrogens is 723 g/mol. The quantitative estimate of drug-likeness (QED) is 0.156. The zero-order chi connectivity index (χ0) is 39.7. The lowest BCUT2D eigenvalue weighted by Crippen LogP contribution is -2.59. The normalized spacial score (nSPS) is 22.9. The van der Waals surface area contributed by atoms with Crippen molar-refractivity contribution in [1.29, 1.82) is 0 Å². The monoisotopic (exact) mass is 771 g/mol. The Hall–Kier alpha value is -6.44. The third-order valence-electron chi connectivity index (χ3n) is 15.2. The molecule has 0 amide bonds. The highest BCUT2D eigenvalue weighted by atomic mass is 15.1. The van der Waals surface area contributed by atoms with Gasteiger partial charge in [0.25, 0.3) is 0 Å². The zero-order valence-corrected chi connectivity index (χ0v) is 34.0. The number of hydrogen-bond acceptors (Lipinski definition) is 1. The molecular formula is C59H49N. The highest BCUT2D eigenvalue weighted by molar-refractivity contribution is 5.89. The maximum absolute atomic E-state index is 2.68. The number of para-hydroxylation sites is 1. The average Bonchev–Trinajstić information content (AvgIpc) is 3.32. The van der Waals surface area contributed by atoms with E-state index in [1.807, 2.05) is 0 Å². The number of rotatable bonds is 7. The van der Waals surface area contributed by atoms with Gasteiger partial charge in [-0.2, -0.15) is 0 Å². The fourth-order valence-electron chi connectivity index (χ4n) is 13.2. The van der Waals surface area contributed by atoms with Crippen molar-refractivity contribution >= 4 is 17.1 Å². The van der Waals surface area contributed by atoms with Crippen molar-refractivity contribution in [3.8, 4) is 22.3 Å². The zero-order valence-electron chi connectivity index (χ0n) is 34.0. The van der Waals surface area contributed by atoms with E-state index in [9.17, 15) is 0 Å². The molecule has 0 unspecified atom stereocenters. The largest absolute Gasteiger partial charge is 0.310 e. The Morgan fingerprint density at radius 3 is 1.43 bits per heavy atom. The first-order chi connectivity index (χ1) is 29.7. The summed E-state index contributed by atoms with van der Waals surface area (Å²) >= 11 is 0. The lowest BCUT2D eigenvalue weighted by molar-refractivity contribution is -0.0440. The van der Waals surface area contributed by atoms with E-state index in [1.165, 1.54) is 88.0 Å². The fourth-order valence-corrected chi connectivity index (χ4v) is 13.2. The Morgan fingerprint density at radius 1 is 0.350 bits per heavy atom. The van der Waals surface area contributed by atoms with E-state index in [-0.39, 0.29) is 5.41 Å². The molecule has 0 aliphatic heterocycles. The van der Waals surface area contributed by atoms with E-state index in [4.69, 9.17) is 0 Å². The summed E-state index contributed by atoms with van der Waals surface area (Å²) in [5, 5.41) is 0. The molecule has 0 atom stereocenters. The second kappa shape index (κ2) is 14.1. The minimum atomic E-state index is -0.475. The van der Waals surface area contributed by atoms with Crippen LogP contribution in [-0.4, -0.2) is 0 Å². The maximum atomic E-state index is 2.68. The molecule has 1 spiro atoms. The van der Waals surface area contributed by atoms with Crippen LogP contribution in [0.2, 0.25) is 0 Å². The van der Waals surface area contributed by atoms with Crippen molar-refractivity contribution in [3.63, 3.8) is 0 Å². The van der Waals surface area contributed by atoms with Gasteiger partial charge in [0.2, 0.25) is 0 Å². The molecule has 1 heteroatoms. The van der Waals surface area contributed by atoms with Crippen molar-refractivity contribution in [2.75, 3.05) is 4.90 Å². The molecule has 0 radical (unpaired) electrons. The van der Waals surface area contributed by atoms with E-state index in [1.54, 1.807) is 11.1 Å². The first kappa shape index (κ1) is 35.5. The van der Waals surface area contributed by atoms with Gasteiger partial charge in [0.15, 0.2) is 0 Å². The molecule has 0 N–H and O–H groups in total. The van der Waals surface area contributed by atoms with Crippen LogP contribution < -0.4 is 4.90 Å². The minimum Gasteiger partial charge on any atom is -0.310 e. The van der Waals surface area contributed by atoms with Crippen molar-refractivity contribution in [2.24, 2.45) is 23.7 Å². The molecule has 0 saturated heterocycles. The maximum Gasteiger partial charge on any atom is 0.0707 e. The van der Waals surface area contributed by atoms with Crippen LogP contribution in [0, 0.1) is 23.7 Å². The van der Waals surface area contributed by atoms with E-state index in [0.717, 1.165) is 17.5 Å². The molecule has 0 heterocycles. The summed E-state index contributed by atoms with van der Waals surface area (Å²) in [6.45, 7) is 0. The van der Waals surface area contributed by atoms with Crippen LogP contribution in [0.5, 0.6) is 0 Å². The molecule has 4 bridgehead atoms. The second-order valence-electron chi connectivity index (χ2n) is 18.1. The smallest absolute Gasteiger partial charge is 0.0707 e. The van der Waals surface area contributed by atoms with Crippen LogP contribution in [0.4, 0.5) is 17.1 Å². The second-order valence-corrected chi connectivity index (χ2v) is 18.1. The lowest BCUT2D eigenvalue weighted by Gasteiger charge is -2.65. The van der Waals surface area contributed by atoms with Gasteiger partial charge in [-0.3, -0.25) is 0 Å². The molecule has 5 aliphatic rings. The predicted molar refractivity (Wildman–Crippen MR) is 248 cm³/mol. The van der Waals surface area contributed by atoms with Crippen LogP contribution in [0.25, 0.3) is 22.3 Å². The van der Waals surface area contributed by atoms with Gasteiger partial charge in [-0.15, -0.1) is 0 Å². The van der Waals surface area contributed by atoms with Crippen LogP contribution in [0.1, 0.15) is 65.5 Å². The first-order valence-electron chi connectivity index (χ1n) is 22.2. The Kier molecular flexibility index (Phi) is 8.34. The summed E-state index contributed by atoms with van der Waals surface area (Å²) in [6.07, 6.45) is 6.75. The van der Waals surface area contributed by atoms with Gasteiger partial charge < -0.3 is 4.90 Å². The molecule has 5 aliphatic carbocycles. The summed E-state index contributed by atoms with van der Waals surface area (Å²) in [7, 11) is 0. The molecule has 4 saturated carbocycles. The summed E-state index contributed by atoms with van der Waals surface area (Å²) in [6, 6.07) is 80.2. The first-order valence-corrected chi connectivity index (χ1v) is 22.2. The van der Waals surface area contributed by atoms with E-state index in [0.29, 0.717) is 11.8 Å². The number of nitrogens with zero attached hydrogens (tertiary/aromatic N) is 1. The van der Waals surface area contributed by atoms with Gasteiger partial charge in [0, 0.05) is 22.4 Å². The molecule has 60 heavy (non-hydrogen) atoms. The minimum absolute atomic E-state index is 0.0653. The van der Waals surface area contributed by atoms with E-state index in [2.05, 4.69) is 217 Å². The van der Waals surface area contributed by atoms with Crippen molar-refractivity contribution in [1.82, 2.24) is 0 Å². The molecule has 13 rings (SSSR count). The molecule has 4 fully saturated rings. The van der Waals surface area contributed by atoms with Gasteiger partial charge in [0.1, 0.15) is 0 Å². The van der Waals surface area contributed by atoms with E-state index < -0.39 is 5.41 Å². The number of benzene rings is 8. The van der Waals surface area contributed by atoms with Crippen LogP contribution >= 0.6 is 0 Å². The summed E-state index contributed by atoms with van der Waals surface area (Å²) in [5.41, 5.74) is 16.6. The van der Waals surface area contributed by atoms with Crippen LogP contribution in [0.15, 0.2) is 212 Å². The highest BCUT2D eigenvalue weighted by Crippen LogP contribution is 2.70. The fraction of sp³-hybridized carbons (Fsp3) is 0.186. The molecule has 0 aromatic heterocycles. The number of fused-ring (bicyclic) bond motifs is 2. The summed E-state index contributed by atoms with van der Waals surface area (Å²) in [5.74, 6) is 2.93. The van der Waals surface area contributed by atoms with Gasteiger partial charge in [-0.05, 0) is 136 Å². The molecule has 8 aromatic carbocycles. The average molecular weight is 772 g/mol. The third-order valence-corrected chi connectivity index (χ3v) is 15.2. The summed E-state index contributed by atoms with van der Waals surface area (Å²) < 4.78 is 0. The van der Waals surface area contributed by atoms with Gasteiger partial charge in [0.05, 0.1) is 11.1 Å². The van der Waals surface area contributed by atoms with Crippen LogP contribution in [0.3, 0.4) is 0 Å². The van der Waals surface area contributed by atoms with E-state index >= 15 is 0 Å². The topological polar surface area (TPSA) is 3.24 Å². The van der Waals surface area contributed by atoms with Crippen molar-refractivity contribution in [3.05, 3.63) is 246 Å². The van der Waals surface area contributed by atoms with Gasteiger partial charge in [-0.1, -0.05) is 182 Å². The standard InChI is InChI=1S/C59H49N/c1-5-17-43(18-6-1)44-29-31-50(32-30-44)60(57-28-16-13-25-52(57)45-19-7-2-8-20-45)51-33-34-55-56(40-51)59(48-36-41-35-42(38-48)39-49(59)37-41)54-27-15-14-26-53(54)58(55,46-21-9-3-10-22-46)47-23-11-4-12-24-47/h1-34,40-42,48-49H,35-39H2. The molecule has 8 aromatic rings. The summed E-state index contributed by atoms with van der Waals surface area (Å²) in [4.78, 5) is 2.55. The third kappa shape index (κ3) is 5.24. The number of anilines is 3. The SMILES string of the molecule is c1ccc(-c2ccc(N(c3ccc4c(c3)C3(c5ccccc5C4(c4ccccc4)c4ccccc4)C4CC5CC(C4)CC3C5)c3ccccc3-c3ccccc3)cc2)cc1. The lowest BCUT2D eigenvalue weighted by atomic mass is 9.38. The van der Waals surface area contributed by atoms with Crippen molar-refractivity contribution in [2.45, 2.75) is 42.9 Å². The Morgan fingerprint density at radius 2 is 0.817 bits per heavy atom. The van der Waals surface area contributed by atoms with Gasteiger partial charge in [-0.25, -0.2) is 0 Å².